The fourth-order valence-electron chi connectivity index (χ4n) is 1.10. The van der Waals surface area contributed by atoms with Gasteiger partial charge in [0.25, 0.3) is 0 Å². The Morgan fingerprint density at radius 3 is 2.69 bits per heavy atom. The Labute approximate surface area is 79.8 Å². The van der Waals surface area contributed by atoms with Crippen LogP contribution in [0.25, 0.3) is 0 Å². The van der Waals surface area contributed by atoms with E-state index in [1.807, 2.05) is 0 Å². The van der Waals surface area contributed by atoms with Crippen molar-refractivity contribution in [2.75, 3.05) is 19.7 Å². The van der Waals surface area contributed by atoms with Gasteiger partial charge in [0.05, 0.1) is 6.61 Å². The highest BCUT2D eigenvalue weighted by molar-refractivity contribution is 5.66. The summed E-state index contributed by atoms with van der Waals surface area (Å²) in [5.41, 5.74) is 5.43. The molecule has 0 aliphatic carbocycles. The lowest BCUT2D eigenvalue weighted by Crippen LogP contribution is -2.30. The van der Waals surface area contributed by atoms with Gasteiger partial charge in [0, 0.05) is 6.54 Å². The molecule has 4 heteroatoms. The van der Waals surface area contributed by atoms with Gasteiger partial charge in [-0.2, -0.15) is 0 Å². The van der Waals surface area contributed by atoms with Crippen LogP contribution in [0.1, 0.15) is 26.7 Å². The van der Waals surface area contributed by atoms with Crippen LogP contribution in [0.15, 0.2) is 0 Å². The molecule has 0 spiro atoms. The van der Waals surface area contributed by atoms with E-state index in [-0.39, 0.29) is 6.09 Å². The Hall–Kier alpha value is -0.770. The van der Waals surface area contributed by atoms with Gasteiger partial charge in [-0.05, 0) is 25.8 Å². The summed E-state index contributed by atoms with van der Waals surface area (Å²) in [6, 6.07) is 0. The first kappa shape index (κ1) is 12.2. The SMILES string of the molecule is CCOC(=O)NCC(CC)CCN. The molecule has 1 amide bonds. The molecule has 0 aromatic heterocycles. The Morgan fingerprint density at radius 2 is 2.23 bits per heavy atom. The summed E-state index contributed by atoms with van der Waals surface area (Å²) < 4.78 is 4.73. The molecule has 0 heterocycles. The second-order valence-electron chi connectivity index (χ2n) is 2.95. The third-order valence-corrected chi connectivity index (χ3v) is 1.96. The first-order valence-corrected chi connectivity index (χ1v) is 4.85. The maximum absolute atomic E-state index is 10.9. The van der Waals surface area contributed by atoms with Crippen LogP contribution in [0.4, 0.5) is 4.79 Å². The van der Waals surface area contributed by atoms with Gasteiger partial charge < -0.3 is 15.8 Å². The maximum Gasteiger partial charge on any atom is 0.407 e. The summed E-state index contributed by atoms with van der Waals surface area (Å²) in [5.74, 6) is 0.467. The zero-order valence-electron chi connectivity index (χ0n) is 8.51. The normalized spacial score (nSPS) is 12.2. The molecule has 0 aliphatic heterocycles. The third kappa shape index (κ3) is 6.40. The van der Waals surface area contributed by atoms with Crippen molar-refractivity contribution in [1.82, 2.24) is 5.32 Å². The molecule has 0 aliphatic rings. The van der Waals surface area contributed by atoms with Crippen molar-refractivity contribution in [3.63, 3.8) is 0 Å². The fraction of sp³-hybridized carbons (Fsp3) is 0.889. The highest BCUT2D eigenvalue weighted by atomic mass is 16.5. The van der Waals surface area contributed by atoms with Crippen molar-refractivity contribution in [1.29, 1.82) is 0 Å². The molecule has 0 rings (SSSR count). The minimum atomic E-state index is -0.335. The zero-order chi connectivity index (χ0) is 10.1. The lowest BCUT2D eigenvalue weighted by atomic mass is 10.0. The van der Waals surface area contributed by atoms with Gasteiger partial charge in [0.15, 0.2) is 0 Å². The van der Waals surface area contributed by atoms with Gasteiger partial charge in [-0.15, -0.1) is 0 Å². The second kappa shape index (κ2) is 7.86. The van der Waals surface area contributed by atoms with Crippen molar-refractivity contribution in [3.05, 3.63) is 0 Å². The van der Waals surface area contributed by atoms with Crippen LogP contribution >= 0.6 is 0 Å². The van der Waals surface area contributed by atoms with Gasteiger partial charge in [-0.25, -0.2) is 4.79 Å². The minimum Gasteiger partial charge on any atom is -0.450 e. The van der Waals surface area contributed by atoms with Crippen LogP contribution in [0.2, 0.25) is 0 Å². The van der Waals surface area contributed by atoms with Crippen molar-refractivity contribution in [2.45, 2.75) is 26.7 Å². The standard InChI is InChI=1S/C9H20N2O2/c1-3-8(5-6-10)7-11-9(12)13-4-2/h8H,3-7,10H2,1-2H3,(H,11,12). The summed E-state index contributed by atoms with van der Waals surface area (Å²) in [4.78, 5) is 10.9. The molecule has 0 saturated heterocycles. The van der Waals surface area contributed by atoms with Crippen LogP contribution < -0.4 is 11.1 Å². The molecule has 13 heavy (non-hydrogen) atoms. The van der Waals surface area contributed by atoms with E-state index in [0.29, 0.717) is 25.6 Å². The number of hydrogen-bond acceptors (Lipinski definition) is 3. The Morgan fingerprint density at radius 1 is 1.54 bits per heavy atom. The first-order valence-electron chi connectivity index (χ1n) is 4.85. The van der Waals surface area contributed by atoms with Gasteiger partial charge in [0.2, 0.25) is 0 Å². The van der Waals surface area contributed by atoms with E-state index in [2.05, 4.69) is 12.2 Å². The third-order valence-electron chi connectivity index (χ3n) is 1.96. The summed E-state index contributed by atoms with van der Waals surface area (Å²) in [6.07, 6.45) is 1.64. The average molecular weight is 188 g/mol. The van der Waals surface area contributed by atoms with Crippen molar-refractivity contribution < 1.29 is 9.53 Å². The molecule has 0 aromatic rings. The lowest BCUT2D eigenvalue weighted by Gasteiger charge is -2.13. The Balaban J connectivity index is 3.52. The monoisotopic (exact) mass is 188 g/mol. The summed E-state index contributed by atoms with van der Waals surface area (Å²) in [6.45, 7) is 5.62. The molecule has 0 radical (unpaired) electrons. The van der Waals surface area contributed by atoms with E-state index in [1.165, 1.54) is 0 Å². The fourth-order valence-corrected chi connectivity index (χ4v) is 1.10. The van der Waals surface area contributed by atoms with E-state index in [9.17, 15) is 4.79 Å². The summed E-state index contributed by atoms with van der Waals surface area (Å²) in [7, 11) is 0. The van der Waals surface area contributed by atoms with Crippen LogP contribution in [-0.2, 0) is 4.74 Å². The molecular weight excluding hydrogens is 168 g/mol. The maximum atomic E-state index is 10.9. The summed E-state index contributed by atoms with van der Waals surface area (Å²) >= 11 is 0. The number of alkyl carbamates (subject to hydrolysis) is 1. The second-order valence-corrected chi connectivity index (χ2v) is 2.95. The number of amides is 1. The lowest BCUT2D eigenvalue weighted by molar-refractivity contribution is 0.150. The molecule has 0 saturated carbocycles. The molecule has 1 atom stereocenters. The average Bonchev–Trinajstić information content (AvgIpc) is 2.12. The predicted molar refractivity (Wildman–Crippen MR) is 52.5 cm³/mol. The Kier molecular flexibility index (Phi) is 7.39. The molecule has 0 bridgehead atoms. The van der Waals surface area contributed by atoms with Crippen molar-refractivity contribution in [3.8, 4) is 0 Å². The number of carbonyl (C=O) groups is 1. The van der Waals surface area contributed by atoms with Gasteiger partial charge in [-0.3, -0.25) is 0 Å². The molecule has 78 valence electrons. The number of ether oxygens (including phenoxy) is 1. The number of nitrogens with two attached hydrogens (primary N) is 1. The summed E-state index contributed by atoms with van der Waals surface area (Å²) in [5, 5.41) is 2.70. The predicted octanol–water partition coefficient (Wildman–Crippen LogP) is 1.11. The van der Waals surface area contributed by atoms with Crippen molar-refractivity contribution in [2.24, 2.45) is 11.7 Å². The largest absolute Gasteiger partial charge is 0.450 e. The molecule has 1 unspecified atom stereocenters. The van der Waals surface area contributed by atoms with Gasteiger partial charge >= 0.3 is 6.09 Å². The number of hydrogen-bond donors (Lipinski definition) is 2. The molecule has 0 aromatic carbocycles. The highest BCUT2D eigenvalue weighted by Gasteiger charge is 2.07. The quantitative estimate of drug-likeness (QED) is 0.656. The first-order chi connectivity index (χ1) is 6.24. The smallest absolute Gasteiger partial charge is 0.407 e. The van der Waals surface area contributed by atoms with E-state index >= 15 is 0 Å². The Bertz CT molecular complexity index is 140. The van der Waals surface area contributed by atoms with Crippen LogP contribution in [0, 0.1) is 5.92 Å². The molecule has 3 N–H and O–H groups in total. The van der Waals surface area contributed by atoms with Crippen molar-refractivity contribution >= 4 is 6.09 Å². The van der Waals surface area contributed by atoms with E-state index in [0.717, 1.165) is 12.8 Å². The van der Waals surface area contributed by atoms with E-state index < -0.39 is 0 Å². The van der Waals surface area contributed by atoms with Gasteiger partial charge in [-0.1, -0.05) is 13.3 Å². The van der Waals surface area contributed by atoms with Crippen LogP contribution in [0.3, 0.4) is 0 Å². The van der Waals surface area contributed by atoms with E-state index in [4.69, 9.17) is 10.5 Å². The topological polar surface area (TPSA) is 64.3 Å². The molecule has 0 fully saturated rings. The minimum absolute atomic E-state index is 0.335. The zero-order valence-corrected chi connectivity index (χ0v) is 8.51. The molecule has 4 nitrogen and oxygen atoms in total. The van der Waals surface area contributed by atoms with E-state index in [1.54, 1.807) is 6.92 Å². The highest BCUT2D eigenvalue weighted by Crippen LogP contribution is 2.04. The van der Waals surface area contributed by atoms with Crippen LogP contribution in [-0.4, -0.2) is 25.8 Å². The van der Waals surface area contributed by atoms with Gasteiger partial charge in [0.1, 0.15) is 0 Å². The molecular formula is C9H20N2O2. The number of nitrogens with one attached hydrogen (secondary N) is 1. The van der Waals surface area contributed by atoms with Crippen LogP contribution in [0.5, 0.6) is 0 Å². The number of rotatable bonds is 6. The number of carbonyl (C=O) groups excluding carboxylic acids is 1.